The number of carbonyl (C=O) groups excluding carboxylic acids is 1. The van der Waals surface area contributed by atoms with Gasteiger partial charge in [-0.25, -0.2) is 0 Å². The number of anilines is 2. The number of rotatable bonds is 6. The summed E-state index contributed by atoms with van der Waals surface area (Å²) in [6.07, 6.45) is 6.42. The van der Waals surface area contributed by atoms with Crippen LogP contribution in [0.4, 0.5) is 17.1 Å². The van der Waals surface area contributed by atoms with E-state index in [0.29, 0.717) is 53.4 Å². The number of hydrogen-bond acceptors (Lipinski definition) is 6. The standard InChI is InChI=1S/C28H28Cl2N4O4/c29-20-4-8-23(24(30)18-20)27-10-6-22(38-27)7-11-28(35)33-16-14-31(15-17-33)21-5-9-25(34(36)37)26(19-21)32-12-2-1-3-13-32/h4-11,18-19H,1-3,12-17H2. The van der Waals surface area contributed by atoms with Gasteiger partial charge in [-0.15, -0.1) is 0 Å². The molecule has 1 amide bonds. The Bertz CT molecular complexity index is 1360. The lowest BCUT2D eigenvalue weighted by Crippen LogP contribution is -2.48. The van der Waals surface area contributed by atoms with Crippen LogP contribution in [0.1, 0.15) is 25.0 Å². The highest BCUT2D eigenvalue weighted by molar-refractivity contribution is 6.36. The fraction of sp³-hybridized carbons (Fsp3) is 0.321. The second-order valence-corrected chi connectivity index (χ2v) is 10.3. The number of piperazine rings is 1. The molecule has 2 fully saturated rings. The molecule has 3 aromatic rings. The van der Waals surface area contributed by atoms with E-state index in [1.165, 1.54) is 6.08 Å². The minimum Gasteiger partial charge on any atom is -0.457 e. The molecular weight excluding hydrogens is 527 g/mol. The van der Waals surface area contributed by atoms with Crippen LogP contribution >= 0.6 is 23.2 Å². The molecule has 1 aromatic heterocycles. The Morgan fingerprint density at radius 2 is 1.66 bits per heavy atom. The first-order chi connectivity index (χ1) is 18.4. The minimum atomic E-state index is -0.303. The van der Waals surface area contributed by atoms with Crippen molar-refractivity contribution in [1.29, 1.82) is 0 Å². The molecule has 0 spiro atoms. The van der Waals surface area contributed by atoms with Gasteiger partial charge in [0.05, 0.1) is 9.95 Å². The van der Waals surface area contributed by atoms with Crippen LogP contribution in [-0.2, 0) is 4.79 Å². The summed E-state index contributed by atoms with van der Waals surface area (Å²) in [5.74, 6) is 1.05. The molecule has 0 N–H and O–H groups in total. The van der Waals surface area contributed by atoms with Gasteiger partial charge in [0.2, 0.25) is 5.91 Å². The molecule has 2 aliphatic rings. The van der Waals surface area contributed by atoms with Crippen LogP contribution in [0.25, 0.3) is 17.4 Å². The third kappa shape index (κ3) is 5.81. The molecular formula is C28H28Cl2N4O4. The van der Waals surface area contributed by atoms with Crippen LogP contribution in [0.3, 0.4) is 0 Å². The highest BCUT2D eigenvalue weighted by Gasteiger charge is 2.25. The maximum atomic E-state index is 12.8. The van der Waals surface area contributed by atoms with Gasteiger partial charge >= 0.3 is 0 Å². The average Bonchev–Trinajstić information content (AvgIpc) is 3.40. The molecule has 0 unspecified atom stereocenters. The Hall–Kier alpha value is -3.49. The largest absolute Gasteiger partial charge is 0.457 e. The Kier molecular flexibility index (Phi) is 7.90. The smallest absolute Gasteiger partial charge is 0.292 e. The summed E-state index contributed by atoms with van der Waals surface area (Å²) in [5.41, 5.74) is 2.51. The van der Waals surface area contributed by atoms with Crippen molar-refractivity contribution in [2.45, 2.75) is 19.3 Å². The molecule has 10 heteroatoms. The molecule has 3 heterocycles. The van der Waals surface area contributed by atoms with Crippen molar-refractivity contribution in [1.82, 2.24) is 4.90 Å². The van der Waals surface area contributed by atoms with Gasteiger partial charge in [0.1, 0.15) is 17.2 Å². The van der Waals surface area contributed by atoms with Gasteiger partial charge in [0.15, 0.2) is 0 Å². The van der Waals surface area contributed by atoms with Crippen molar-refractivity contribution >= 4 is 52.2 Å². The zero-order valence-corrected chi connectivity index (χ0v) is 22.3. The molecule has 0 atom stereocenters. The highest BCUT2D eigenvalue weighted by atomic mass is 35.5. The summed E-state index contributed by atoms with van der Waals surface area (Å²) in [6, 6.07) is 14.1. The van der Waals surface area contributed by atoms with Gasteiger partial charge in [0.25, 0.3) is 5.69 Å². The first-order valence-corrected chi connectivity index (χ1v) is 13.5. The summed E-state index contributed by atoms with van der Waals surface area (Å²) in [6.45, 7) is 4.09. The van der Waals surface area contributed by atoms with Gasteiger partial charge in [-0.2, -0.15) is 0 Å². The maximum Gasteiger partial charge on any atom is 0.292 e. The zero-order chi connectivity index (χ0) is 26.6. The predicted octanol–water partition coefficient (Wildman–Crippen LogP) is 6.51. The van der Waals surface area contributed by atoms with Crippen LogP contribution in [0.15, 0.2) is 59.0 Å². The van der Waals surface area contributed by atoms with Crippen LogP contribution in [-0.4, -0.2) is 55.0 Å². The van der Waals surface area contributed by atoms with Gasteiger partial charge in [-0.05, 0) is 67.8 Å². The van der Waals surface area contributed by atoms with E-state index < -0.39 is 0 Å². The minimum absolute atomic E-state index is 0.0927. The second kappa shape index (κ2) is 11.5. The molecule has 38 heavy (non-hydrogen) atoms. The number of nitro groups is 1. The lowest BCUT2D eigenvalue weighted by atomic mass is 10.1. The number of benzene rings is 2. The van der Waals surface area contributed by atoms with Crippen LogP contribution < -0.4 is 9.80 Å². The number of furan rings is 1. The zero-order valence-electron chi connectivity index (χ0n) is 20.8. The number of piperidine rings is 1. The van der Waals surface area contributed by atoms with E-state index in [4.69, 9.17) is 27.6 Å². The SMILES string of the molecule is O=C(C=Cc1ccc(-c2ccc(Cl)cc2Cl)o1)N1CCN(c2ccc([N+](=O)[O-])c(N3CCCCC3)c2)CC1. The fourth-order valence-corrected chi connectivity index (χ4v) is 5.47. The van der Waals surface area contributed by atoms with Crippen LogP contribution in [0, 0.1) is 10.1 Å². The Balaban J connectivity index is 1.21. The quantitative estimate of drug-likeness (QED) is 0.196. The maximum absolute atomic E-state index is 12.8. The normalized spacial score (nSPS) is 16.3. The first kappa shape index (κ1) is 26.1. The fourth-order valence-electron chi connectivity index (χ4n) is 4.97. The number of halogens is 2. The first-order valence-electron chi connectivity index (χ1n) is 12.7. The van der Waals surface area contributed by atoms with Crippen molar-refractivity contribution in [3.8, 4) is 11.3 Å². The molecule has 0 saturated carbocycles. The second-order valence-electron chi connectivity index (χ2n) is 9.45. The van der Waals surface area contributed by atoms with Crippen LogP contribution in [0.5, 0.6) is 0 Å². The summed E-state index contributed by atoms with van der Waals surface area (Å²) < 4.78 is 5.85. The molecule has 2 saturated heterocycles. The van der Waals surface area contributed by atoms with Crippen molar-refractivity contribution in [3.63, 3.8) is 0 Å². The molecule has 0 aliphatic carbocycles. The summed E-state index contributed by atoms with van der Waals surface area (Å²) in [4.78, 5) is 30.3. The predicted molar refractivity (Wildman–Crippen MR) is 151 cm³/mol. The third-order valence-corrected chi connectivity index (χ3v) is 7.57. The van der Waals surface area contributed by atoms with E-state index in [9.17, 15) is 14.9 Å². The van der Waals surface area contributed by atoms with Crippen LogP contribution in [0.2, 0.25) is 10.0 Å². The monoisotopic (exact) mass is 554 g/mol. The summed E-state index contributed by atoms with van der Waals surface area (Å²) in [7, 11) is 0. The number of nitrogens with zero attached hydrogens (tertiary/aromatic N) is 4. The molecule has 5 rings (SSSR count). The van der Waals surface area contributed by atoms with Gasteiger partial charge in [-0.3, -0.25) is 14.9 Å². The molecule has 0 bridgehead atoms. The Labute approximate surface area is 231 Å². The van der Waals surface area contributed by atoms with Crippen molar-refractivity contribution in [2.75, 3.05) is 49.1 Å². The molecule has 0 radical (unpaired) electrons. The topological polar surface area (TPSA) is 83.1 Å². The average molecular weight is 555 g/mol. The van der Waals surface area contributed by atoms with Crippen molar-refractivity contribution in [3.05, 3.63) is 80.5 Å². The van der Waals surface area contributed by atoms with E-state index in [2.05, 4.69) is 9.80 Å². The molecule has 2 aliphatic heterocycles. The number of carbonyl (C=O) groups is 1. The Morgan fingerprint density at radius 3 is 2.37 bits per heavy atom. The molecule has 2 aromatic carbocycles. The molecule has 8 nitrogen and oxygen atoms in total. The Morgan fingerprint density at radius 1 is 0.895 bits per heavy atom. The number of hydrogen-bond donors (Lipinski definition) is 0. The van der Waals surface area contributed by atoms with E-state index >= 15 is 0 Å². The lowest BCUT2D eigenvalue weighted by Gasteiger charge is -2.36. The summed E-state index contributed by atoms with van der Waals surface area (Å²) >= 11 is 12.2. The van der Waals surface area contributed by atoms with Gasteiger partial charge in [0, 0.05) is 67.7 Å². The van der Waals surface area contributed by atoms with Gasteiger partial charge in [-0.1, -0.05) is 23.2 Å². The van der Waals surface area contributed by atoms with Gasteiger partial charge < -0.3 is 19.1 Å². The number of amides is 1. The van der Waals surface area contributed by atoms with Crippen molar-refractivity contribution in [2.24, 2.45) is 0 Å². The van der Waals surface area contributed by atoms with Crippen molar-refractivity contribution < 1.29 is 14.1 Å². The third-order valence-electron chi connectivity index (χ3n) is 7.02. The van der Waals surface area contributed by atoms with E-state index in [1.807, 2.05) is 12.1 Å². The molecule has 198 valence electrons. The van der Waals surface area contributed by atoms with E-state index in [-0.39, 0.29) is 16.5 Å². The lowest BCUT2D eigenvalue weighted by molar-refractivity contribution is -0.384. The van der Waals surface area contributed by atoms with E-state index in [0.717, 1.165) is 43.6 Å². The highest BCUT2D eigenvalue weighted by Crippen LogP contribution is 2.35. The summed E-state index contributed by atoms with van der Waals surface area (Å²) in [5, 5.41) is 12.7. The number of nitro benzene ring substituents is 1. The van der Waals surface area contributed by atoms with E-state index in [1.54, 1.807) is 47.4 Å².